The Morgan fingerprint density at radius 2 is 1.30 bits per heavy atom. The SMILES string of the molecule is O[C@@H](CF)[C@@H](O)CF.[CH2]=[Ti]. The molecule has 2 atom stereocenters. The first-order valence-electron chi connectivity index (χ1n) is 2.55. The second-order valence-corrected chi connectivity index (χ2v) is 1.44. The third-order valence-electron chi connectivity index (χ3n) is 0.760. The van der Waals surface area contributed by atoms with Gasteiger partial charge in [0.25, 0.3) is 0 Å². The Balaban J connectivity index is 0. The van der Waals surface area contributed by atoms with Gasteiger partial charge in [-0.15, -0.1) is 0 Å². The van der Waals surface area contributed by atoms with Crippen LogP contribution in [0.2, 0.25) is 0 Å². The van der Waals surface area contributed by atoms with Crippen LogP contribution in [0.15, 0.2) is 0 Å². The van der Waals surface area contributed by atoms with Gasteiger partial charge < -0.3 is 10.2 Å². The minimum absolute atomic E-state index is 1.11. The normalized spacial score (nSPS) is 14.7. The molecule has 0 rings (SSSR count). The molecule has 60 valence electrons. The van der Waals surface area contributed by atoms with Gasteiger partial charge in [0.2, 0.25) is 0 Å². The molecule has 0 aliphatic carbocycles. The van der Waals surface area contributed by atoms with Gasteiger partial charge in [0, 0.05) is 0 Å². The summed E-state index contributed by atoms with van der Waals surface area (Å²) in [6, 6.07) is 0. The van der Waals surface area contributed by atoms with Crippen molar-refractivity contribution >= 4 is 4.82 Å². The Labute approximate surface area is 69.8 Å². The Hall–Kier alpha value is 0.364. The number of rotatable bonds is 3. The average Bonchev–Trinajstić information content (AvgIpc) is 2.05. The molecular formula is C5H10F2O2Ti. The fraction of sp³-hybridized carbons (Fsp3) is 0.800. The van der Waals surface area contributed by atoms with E-state index in [4.69, 9.17) is 10.2 Å². The van der Waals surface area contributed by atoms with Crippen LogP contribution < -0.4 is 0 Å². The van der Waals surface area contributed by atoms with E-state index in [1.807, 2.05) is 0 Å². The van der Waals surface area contributed by atoms with E-state index in [9.17, 15) is 8.78 Å². The van der Waals surface area contributed by atoms with E-state index in [1.165, 1.54) is 0 Å². The van der Waals surface area contributed by atoms with Gasteiger partial charge in [0.1, 0.15) is 25.6 Å². The van der Waals surface area contributed by atoms with Crippen LogP contribution >= 0.6 is 0 Å². The maximum atomic E-state index is 11.2. The molecule has 0 aromatic rings. The van der Waals surface area contributed by atoms with E-state index in [-0.39, 0.29) is 0 Å². The zero-order chi connectivity index (χ0) is 8.57. The summed E-state index contributed by atoms with van der Waals surface area (Å²) in [5, 5.41) is 16.5. The van der Waals surface area contributed by atoms with Gasteiger partial charge in [-0.25, -0.2) is 8.78 Å². The molecule has 0 fully saturated rings. The van der Waals surface area contributed by atoms with E-state index < -0.39 is 25.6 Å². The first-order chi connectivity index (χ1) is 4.72. The third-order valence-corrected chi connectivity index (χ3v) is 0.760. The van der Waals surface area contributed by atoms with Crippen LogP contribution in [-0.4, -0.2) is 40.6 Å². The molecule has 0 aromatic carbocycles. The summed E-state index contributed by atoms with van der Waals surface area (Å²) in [5.41, 5.74) is 0. The third kappa shape index (κ3) is 6.48. The molecule has 5 heteroatoms. The average molecular weight is 188 g/mol. The van der Waals surface area contributed by atoms with Gasteiger partial charge >= 0.3 is 24.8 Å². The zero-order valence-corrected chi connectivity index (χ0v) is 6.99. The van der Waals surface area contributed by atoms with E-state index in [0.29, 0.717) is 0 Å². The summed E-state index contributed by atoms with van der Waals surface area (Å²) in [6.45, 7) is -2.21. The van der Waals surface area contributed by atoms with E-state index >= 15 is 0 Å². The van der Waals surface area contributed by atoms with Crippen LogP contribution in [0.3, 0.4) is 0 Å². The molecule has 0 saturated heterocycles. The van der Waals surface area contributed by atoms with Crippen LogP contribution in [0.5, 0.6) is 0 Å². The molecule has 0 heterocycles. The molecule has 2 nitrogen and oxygen atoms in total. The van der Waals surface area contributed by atoms with Crippen LogP contribution in [0.1, 0.15) is 0 Å². The summed E-state index contributed by atoms with van der Waals surface area (Å²) in [4.78, 5) is 3.25. The first-order valence-corrected chi connectivity index (χ1v) is 3.66. The van der Waals surface area contributed by atoms with Crippen LogP contribution in [-0.2, 0) is 20.0 Å². The number of hydrogen-bond acceptors (Lipinski definition) is 2. The van der Waals surface area contributed by atoms with Gasteiger partial charge in [-0.3, -0.25) is 0 Å². The van der Waals surface area contributed by atoms with Gasteiger partial charge in [0.05, 0.1) is 0 Å². The second-order valence-electron chi connectivity index (χ2n) is 1.44. The summed E-state index contributed by atoms with van der Waals surface area (Å²) in [6.07, 6.45) is -3.14. The molecule has 0 aromatic heterocycles. The summed E-state index contributed by atoms with van der Waals surface area (Å²) < 4.78 is 22.5. The molecule has 0 bridgehead atoms. The predicted molar refractivity (Wildman–Crippen MR) is 31.1 cm³/mol. The Kier molecular flexibility index (Phi) is 12.2. The van der Waals surface area contributed by atoms with Crippen LogP contribution in [0, 0.1) is 0 Å². The quantitative estimate of drug-likeness (QED) is 0.592. The van der Waals surface area contributed by atoms with Crippen molar-refractivity contribution in [1.82, 2.24) is 0 Å². The first kappa shape index (κ1) is 13.0. The predicted octanol–water partition coefficient (Wildman–Crippen LogP) is -0.388. The van der Waals surface area contributed by atoms with Gasteiger partial charge in [-0.1, -0.05) is 0 Å². The van der Waals surface area contributed by atoms with Crippen molar-refractivity contribution < 1.29 is 39.0 Å². The Bertz CT molecular complexity index is 66.7. The van der Waals surface area contributed by atoms with E-state index in [2.05, 4.69) is 4.82 Å². The van der Waals surface area contributed by atoms with Crippen molar-refractivity contribution in [3.63, 3.8) is 0 Å². The summed E-state index contributed by atoms with van der Waals surface area (Å²) >= 11 is 1.75. The van der Waals surface area contributed by atoms with Crippen molar-refractivity contribution in [2.75, 3.05) is 13.3 Å². The van der Waals surface area contributed by atoms with Crippen molar-refractivity contribution in [3.05, 3.63) is 0 Å². The Morgan fingerprint density at radius 1 is 1.10 bits per heavy atom. The molecule has 0 saturated carbocycles. The fourth-order valence-corrected chi connectivity index (χ4v) is 0.206. The topological polar surface area (TPSA) is 40.5 Å². The molecule has 0 aliphatic rings. The monoisotopic (exact) mass is 188 g/mol. The molecule has 0 radical (unpaired) electrons. The number of aliphatic hydroxyl groups excluding tert-OH is 2. The van der Waals surface area contributed by atoms with Crippen molar-refractivity contribution in [1.29, 1.82) is 0 Å². The van der Waals surface area contributed by atoms with Crippen molar-refractivity contribution in [3.8, 4) is 0 Å². The van der Waals surface area contributed by atoms with Gasteiger partial charge in [-0.2, -0.15) is 0 Å². The molecule has 0 unspecified atom stereocenters. The van der Waals surface area contributed by atoms with Crippen LogP contribution in [0.25, 0.3) is 0 Å². The van der Waals surface area contributed by atoms with Crippen molar-refractivity contribution in [2.24, 2.45) is 0 Å². The van der Waals surface area contributed by atoms with Gasteiger partial charge in [-0.05, 0) is 0 Å². The fourth-order valence-electron chi connectivity index (χ4n) is 0.206. The van der Waals surface area contributed by atoms with Crippen LogP contribution in [0.4, 0.5) is 8.78 Å². The number of hydrogen-bond donors (Lipinski definition) is 2. The number of halogens is 2. The van der Waals surface area contributed by atoms with Crippen molar-refractivity contribution in [2.45, 2.75) is 12.2 Å². The van der Waals surface area contributed by atoms with Gasteiger partial charge in [0.15, 0.2) is 0 Å². The zero-order valence-electron chi connectivity index (χ0n) is 5.43. The minimum atomic E-state index is -1.57. The summed E-state index contributed by atoms with van der Waals surface area (Å²) in [5.74, 6) is 0. The molecule has 2 N–H and O–H groups in total. The molecule has 0 spiro atoms. The standard InChI is InChI=1S/C4H8F2O2.CH2.Ti/c5-1-3(7)4(8)2-6;;/h3-4,7-8H,1-2H2;1H2;/t3-,4-;;/m0../s1. The molecule has 0 aliphatic heterocycles. The van der Waals surface area contributed by atoms with E-state index in [1.54, 1.807) is 20.0 Å². The second kappa shape index (κ2) is 9.36. The molecular weight excluding hydrogens is 178 g/mol. The maximum absolute atomic E-state index is 11.2. The number of aliphatic hydroxyl groups is 2. The molecule has 10 heavy (non-hydrogen) atoms. The Morgan fingerprint density at radius 3 is 1.40 bits per heavy atom. The summed E-state index contributed by atoms with van der Waals surface area (Å²) in [7, 11) is 0. The van der Waals surface area contributed by atoms with E-state index in [0.717, 1.165) is 0 Å². The number of alkyl halides is 2. The molecule has 0 amide bonds.